The summed E-state index contributed by atoms with van der Waals surface area (Å²) >= 11 is 12.1. The Hall–Kier alpha value is -4.54. The fraction of sp³-hybridized carbons (Fsp3) is 0.107. The van der Waals surface area contributed by atoms with E-state index in [9.17, 15) is 27.8 Å². The second-order valence-corrected chi connectivity index (χ2v) is 10.9. The first-order valence-electron chi connectivity index (χ1n) is 11.8. The van der Waals surface area contributed by atoms with Crippen molar-refractivity contribution in [3.05, 3.63) is 105 Å². The number of nitrogens with zero attached hydrogens (tertiary/aromatic N) is 2. The number of anilines is 1. The smallest absolute Gasteiger partial charge is 0.355 e. The number of carbonyl (C=O) groups is 2. The Bertz CT molecular complexity index is 1800. The molecule has 0 aromatic heterocycles. The van der Waals surface area contributed by atoms with Crippen LogP contribution in [0.3, 0.4) is 0 Å². The first kappa shape index (κ1) is 30.4. The van der Waals surface area contributed by atoms with Gasteiger partial charge in [-0.15, -0.1) is 0 Å². The Balaban J connectivity index is 2.02. The number of methoxy groups -OCH3 is 2. The van der Waals surface area contributed by atoms with Crippen molar-refractivity contribution in [1.82, 2.24) is 0 Å². The van der Waals surface area contributed by atoms with Gasteiger partial charge in [-0.2, -0.15) is 13.7 Å². The van der Waals surface area contributed by atoms with E-state index >= 15 is 0 Å². The molecule has 216 valence electrons. The largest absolute Gasteiger partial charge is 0.466 e. The number of nitrogens with two attached hydrogens (primary N) is 1. The van der Waals surface area contributed by atoms with Crippen molar-refractivity contribution >= 4 is 50.9 Å². The number of hydrogen-bond acceptors (Lipinski definition) is 10. The molecule has 4 rings (SSSR count). The monoisotopic (exact) mass is 629 g/mol. The fourth-order valence-electron chi connectivity index (χ4n) is 4.40. The number of benzene rings is 3. The second-order valence-electron chi connectivity index (χ2n) is 8.62. The summed E-state index contributed by atoms with van der Waals surface area (Å²) in [5, 5.41) is 10.6. The molecule has 1 aliphatic heterocycles. The Labute approximate surface area is 250 Å². The van der Waals surface area contributed by atoms with Gasteiger partial charge in [-0.25, -0.2) is 9.59 Å². The summed E-state index contributed by atoms with van der Waals surface area (Å²) in [4.78, 5) is 26.6. The van der Waals surface area contributed by atoms with Gasteiger partial charge in [0.2, 0.25) is 0 Å². The van der Waals surface area contributed by atoms with Gasteiger partial charge in [0.25, 0.3) is 10.1 Å². The molecule has 3 aromatic carbocycles. The summed E-state index contributed by atoms with van der Waals surface area (Å²) in [5.74, 6) is -3.68. The standard InChI is InChI=1S/C28H21Cl2N3O8S/c1-39-27(34)24-23(15-6-4-3-5-7-15)18(14-31)26(32)33(25(24)28(35)40-2)20-10-9-17(13-22(20)42(36,37)38)41-21-11-8-16(29)12-19(21)30/h3-13,23H,32H2,1-2H3,(H,36,37,38). The van der Waals surface area contributed by atoms with E-state index < -0.39 is 50.1 Å². The van der Waals surface area contributed by atoms with Crippen molar-refractivity contribution in [2.45, 2.75) is 10.8 Å². The maximum absolute atomic E-state index is 13.3. The molecule has 1 atom stereocenters. The molecule has 0 saturated heterocycles. The normalized spacial score (nSPS) is 15.2. The zero-order valence-electron chi connectivity index (χ0n) is 21.9. The van der Waals surface area contributed by atoms with Crippen LogP contribution in [0.25, 0.3) is 0 Å². The molecule has 0 amide bonds. The Morgan fingerprint density at radius 2 is 1.67 bits per heavy atom. The highest BCUT2D eigenvalue weighted by molar-refractivity contribution is 7.86. The Kier molecular flexibility index (Phi) is 8.79. The van der Waals surface area contributed by atoms with E-state index in [0.29, 0.717) is 10.6 Å². The summed E-state index contributed by atoms with van der Waals surface area (Å²) in [6, 6.07) is 17.9. The molecule has 0 saturated carbocycles. The third-order valence-electron chi connectivity index (χ3n) is 6.18. The second kappa shape index (κ2) is 12.1. The van der Waals surface area contributed by atoms with Crippen LogP contribution in [0, 0.1) is 11.3 Å². The molecule has 3 aromatic rings. The number of rotatable bonds is 7. The minimum Gasteiger partial charge on any atom is -0.466 e. The lowest BCUT2D eigenvalue weighted by atomic mass is 9.81. The van der Waals surface area contributed by atoms with Gasteiger partial charge >= 0.3 is 11.9 Å². The van der Waals surface area contributed by atoms with Gasteiger partial charge in [-0.05, 0) is 35.9 Å². The van der Waals surface area contributed by atoms with Crippen LogP contribution >= 0.6 is 23.2 Å². The third-order valence-corrected chi connectivity index (χ3v) is 7.60. The molecule has 0 bridgehead atoms. The minimum absolute atomic E-state index is 0.0883. The van der Waals surface area contributed by atoms with Gasteiger partial charge in [-0.3, -0.25) is 9.45 Å². The fourth-order valence-corrected chi connectivity index (χ4v) is 5.53. The molecule has 1 heterocycles. The highest BCUT2D eigenvalue weighted by Crippen LogP contribution is 2.45. The van der Waals surface area contributed by atoms with E-state index in [4.69, 9.17) is 43.1 Å². The van der Waals surface area contributed by atoms with E-state index in [-0.39, 0.29) is 27.7 Å². The molecule has 0 radical (unpaired) electrons. The number of allylic oxidation sites excluding steroid dienone is 1. The maximum atomic E-state index is 13.3. The van der Waals surface area contributed by atoms with Gasteiger partial charge < -0.3 is 19.9 Å². The third kappa shape index (κ3) is 5.77. The van der Waals surface area contributed by atoms with Gasteiger partial charge in [-0.1, -0.05) is 53.5 Å². The SMILES string of the molecule is COC(=O)C1=C(C(=O)OC)N(c2ccc(Oc3ccc(Cl)cc3Cl)cc2S(=O)(=O)O)C(N)=C(C#N)C1c1ccccc1. The molecule has 0 spiro atoms. The lowest BCUT2D eigenvalue weighted by molar-refractivity contribution is -0.139. The summed E-state index contributed by atoms with van der Waals surface area (Å²) in [7, 11) is -2.95. The van der Waals surface area contributed by atoms with Gasteiger partial charge in [0, 0.05) is 11.1 Å². The van der Waals surface area contributed by atoms with Crippen LogP contribution in [0.4, 0.5) is 5.69 Å². The van der Waals surface area contributed by atoms with E-state index in [1.807, 2.05) is 6.07 Å². The van der Waals surface area contributed by atoms with E-state index in [1.165, 1.54) is 24.3 Å². The predicted molar refractivity (Wildman–Crippen MR) is 152 cm³/mol. The van der Waals surface area contributed by atoms with Crippen LogP contribution in [-0.2, 0) is 29.2 Å². The summed E-state index contributed by atoms with van der Waals surface area (Å²) in [5.41, 5.74) is 5.37. The van der Waals surface area contributed by atoms with Crippen molar-refractivity contribution in [2.75, 3.05) is 19.1 Å². The number of nitriles is 1. The average molecular weight is 630 g/mol. The first-order valence-corrected chi connectivity index (χ1v) is 14.0. The lowest BCUT2D eigenvalue weighted by Gasteiger charge is -2.36. The minimum atomic E-state index is -5.05. The topological polar surface area (TPSA) is 169 Å². The van der Waals surface area contributed by atoms with Crippen LogP contribution in [0.5, 0.6) is 11.5 Å². The molecule has 0 fully saturated rings. The van der Waals surface area contributed by atoms with Crippen LogP contribution < -0.4 is 15.4 Å². The molecule has 42 heavy (non-hydrogen) atoms. The molecule has 11 nitrogen and oxygen atoms in total. The molecule has 14 heteroatoms. The number of carbonyl (C=O) groups excluding carboxylic acids is 2. The van der Waals surface area contributed by atoms with Gasteiger partial charge in [0.15, 0.2) is 0 Å². The van der Waals surface area contributed by atoms with Crippen LogP contribution in [0.15, 0.2) is 94.3 Å². The van der Waals surface area contributed by atoms with Crippen molar-refractivity contribution in [2.24, 2.45) is 5.73 Å². The predicted octanol–water partition coefficient (Wildman–Crippen LogP) is 4.93. The molecular weight excluding hydrogens is 609 g/mol. The molecule has 1 unspecified atom stereocenters. The first-order chi connectivity index (χ1) is 19.9. The van der Waals surface area contributed by atoms with E-state index in [2.05, 4.69) is 0 Å². The van der Waals surface area contributed by atoms with Crippen molar-refractivity contribution < 1.29 is 36.8 Å². The summed E-state index contributed by atoms with van der Waals surface area (Å²) in [6.07, 6.45) is 0. The zero-order chi connectivity index (χ0) is 30.8. The molecule has 1 aliphatic rings. The van der Waals surface area contributed by atoms with Gasteiger partial charge in [0.05, 0.1) is 48.1 Å². The number of hydrogen-bond donors (Lipinski definition) is 2. The van der Waals surface area contributed by atoms with Crippen molar-refractivity contribution in [1.29, 1.82) is 5.26 Å². The van der Waals surface area contributed by atoms with Crippen molar-refractivity contribution in [3.8, 4) is 17.6 Å². The molecule has 3 N–H and O–H groups in total. The van der Waals surface area contributed by atoms with E-state index in [0.717, 1.165) is 31.3 Å². The highest BCUT2D eigenvalue weighted by Gasteiger charge is 2.44. The average Bonchev–Trinajstić information content (AvgIpc) is 2.97. The van der Waals surface area contributed by atoms with Crippen LogP contribution in [0.1, 0.15) is 11.5 Å². The number of halogens is 2. The summed E-state index contributed by atoms with van der Waals surface area (Å²) in [6.45, 7) is 0. The Morgan fingerprint density at radius 3 is 2.24 bits per heavy atom. The van der Waals surface area contributed by atoms with Crippen LogP contribution in [0.2, 0.25) is 10.0 Å². The van der Waals surface area contributed by atoms with Gasteiger partial charge in [0.1, 0.15) is 27.9 Å². The lowest BCUT2D eigenvalue weighted by Crippen LogP contribution is -2.41. The zero-order valence-corrected chi connectivity index (χ0v) is 24.2. The molecule has 0 aliphatic carbocycles. The maximum Gasteiger partial charge on any atom is 0.355 e. The molecular formula is C28H21Cl2N3O8S. The highest BCUT2D eigenvalue weighted by atomic mass is 35.5. The van der Waals surface area contributed by atoms with Crippen molar-refractivity contribution in [3.63, 3.8) is 0 Å². The Morgan fingerprint density at radius 1 is 1.00 bits per heavy atom. The quantitative estimate of drug-likeness (QED) is 0.268. The summed E-state index contributed by atoms with van der Waals surface area (Å²) < 4.78 is 51.2. The van der Waals surface area contributed by atoms with E-state index in [1.54, 1.807) is 30.3 Å². The van der Waals surface area contributed by atoms with Crippen LogP contribution in [-0.4, -0.2) is 39.1 Å². The number of esters is 2. The number of ether oxygens (including phenoxy) is 3.